The van der Waals surface area contributed by atoms with E-state index in [0.717, 1.165) is 6.07 Å². The molecule has 1 aromatic rings. The average molecular weight is 237 g/mol. The monoisotopic (exact) mass is 237 g/mol. The van der Waals surface area contributed by atoms with Crippen LogP contribution >= 0.6 is 0 Å². The molecule has 0 saturated heterocycles. The molecular weight excluding hydrogens is 226 g/mol. The normalized spacial score (nSPS) is 13.6. The third-order valence-corrected chi connectivity index (χ3v) is 2.04. The van der Waals surface area contributed by atoms with E-state index in [0.29, 0.717) is 11.3 Å². The number of anilines is 1. The summed E-state index contributed by atoms with van der Waals surface area (Å²) in [6.45, 7) is 0.843. The van der Waals surface area contributed by atoms with E-state index >= 15 is 0 Å². The summed E-state index contributed by atoms with van der Waals surface area (Å²) in [5.41, 5.74) is 0.661. The first-order chi connectivity index (χ1) is 7.30. The van der Waals surface area contributed by atoms with Crippen molar-refractivity contribution in [2.45, 2.75) is 19.2 Å². The zero-order valence-electron chi connectivity index (χ0n) is 8.48. The number of benzene rings is 1. The summed E-state index contributed by atoms with van der Waals surface area (Å²) in [5.74, 6) is -0.429. The molecule has 0 bridgehead atoms. The second-order valence-corrected chi connectivity index (χ2v) is 3.40. The number of nitrogens with one attached hydrogen (secondary N) is 1. The molecule has 0 saturated carbocycles. The van der Waals surface area contributed by atoms with Crippen LogP contribution in [0.5, 0.6) is 0 Å². The van der Waals surface area contributed by atoms with Crippen LogP contribution in [-0.4, -0.2) is 23.9 Å². The lowest BCUT2D eigenvalue weighted by atomic mass is 10.2. The van der Waals surface area contributed by atoms with Gasteiger partial charge in [-0.2, -0.15) is 13.2 Å². The second-order valence-electron chi connectivity index (χ2n) is 3.40. The van der Waals surface area contributed by atoms with Gasteiger partial charge in [-0.15, -0.1) is 0 Å². The Morgan fingerprint density at radius 3 is 2.50 bits per heavy atom. The van der Waals surface area contributed by atoms with Crippen LogP contribution in [-0.2, 0) is 0 Å². The topological polar surface area (TPSA) is 32.3 Å². The molecular formula is C10H11F4NO. The molecule has 1 aromatic carbocycles. The van der Waals surface area contributed by atoms with Crippen LogP contribution in [0, 0.1) is 12.7 Å². The highest BCUT2D eigenvalue weighted by molar-refractivity contribution is 5.46. The number of rotatable bonds is 3. The van der Waals surface area contributed by atoms with E-state index in [2.05, 4.69) is 5.32 Å². The SMILES string of the molecule is Cc1cc(NCC(O)C(F)(F)F)ccc1F. The Labute approximate surface area is 89.9 Å². The molecule has 1 rings (SSSR count). The lowest BCUT2D eigenvalue weighted by Gasteiger charge is -2.16. The second kappa shape index (κ2) is 4.69. The van der Waals surface area contributed by atoms with Gasteiger partial charge in [-0.25, -0.2) is 4.39 Å². The van der Waals surface area contributed by atoms with E-state index in [1.165, 1.54) is 19.1 Å². The van der Waals surface area contributed by atoms with Crippen molar-refractivity contribution < 1.29 is 22.7 Å². The molecule has 0 aliphatic carbocycles. The predicted octanol–water partition coefficient (Wildman–Crippen LogP) is 2.47. The third kappa shape index (κ3) is 3.37. The maximum absolute atomic E-state index is 12.8. The third-order valence-electron chi connectivity index (χ3n) is 2.04. The van der Waals surface area contributed by atoms with Crippen molar-refractivity contribution in [1.29, 1.82) is 0 Å². The van der Waals surface area contributed by atoms with Gasteiger partial charge >= 0.3 is 6.18 Å². The van der Waals surface area contributed by atoms with Crippen LogP contribution in [0.3, 0.4) is 0 Å². The van der Waals surface area contributed by atoms with Crippen LogP contribution in [0.4, 0.5) is 23.2 Å². The van der Waals surface area contributed by atoms with Gasteiger partial charge in [0.2, 0.25) is 0 Å². The van der Waals surface area contributed by atoms with Gasteiger partial charge in [0.1, 0.15) is 5.82 Å². The van der Waals surface area contributed by atoms with E-state index in [1.54, 1.807) is 0 Å². The predicted molar refractivity (Wildman–Crippen MR) is 51.7 cm³/mol. The smallest absolute Gasteiger partial charge is 0.382 e. The fourth-order valence-electron chi connectivity index (χ4n) is 1.08. The van der Waals surface area contributed by atoms with Crippen molar-refractivity contribution in [3.8, 4) is 0 Å². The van der Waals surface area contributed by atoms with Crippen LogP contribution in [0.25, 0.3) is 0 Å². The number of hydrogen-bond acceptors (Lipinski definition) is 2. The summed E-state index contributed by atoms with van der Waals surface area (Å²) in [6.07, 6.45) is -7.08. The number of aryl methyl sites for hydroxylation is 1. The van der Waals surface area contributed by atoms with E-state index in [9.17, 15) is 17.6 Å². The first-order valence-corrected chi connectivity index (χ1v) is 4.55. The molecule has 0 aliphatic rings. The lowest BCUT2D eigenvalue weighted by molar-refractivity contribution is -0.198. The Morgan fingerprint density at radius 1 is 1.38 bits per heavy atom. The van der Waals surface area contributed by atoms with E-state index in [-0.39, 0.29) is 0 Å². The van der Waals surface area contributed by atoms with Crippen molar-refractivity contribution >= 4 is 5.69 Å². The molecule has 0 fully saturated rings. The Bertz CT molecular complexity index is 364. The molecule has 2 N–H and O–H groups in total. The fraction of sp³-hybridized carbons (Fsp3) is 0.400. The van der Waals surface area contributed by atoms with Crippen molar-refractivity contribution in [3.05, 3.63) is 29.6 Å². The first-order valence-electron chi connectivity index (χ1n) is 4.55. The van der Waals surface area contributed by atoms with Crippen molar-refractivity contribution in [2.24, 2.45) is 0 Å². The van der Waals surface area contributed by atoms with Crippen LogP contribution in [0.15, 0.2) is 18.2 Å². The lowest BCUT2D eigenvalue weighted by Crippen LogP contribution is -2.35. The standard InChI is InChI=1S/C10H11F4NO/c1-6-4-7(2-3-8(6)11)15-5-9(16)10(12,13)14/h2-4,9,15-16H,5H2,1H3. The molecule has 1 atom stereocenters. The summed E-state index contributed by atoms with van der Waals surface area (Å²) in [4.78, 5) is 0. The minimum atomic E-state index is -4.65. The van der Waals surface area contributed by atoms with Crippen LogP contribution in [0.1, 0.15) is 5.56 Å². The van der Waals surface area contributed by atoms with Gasteiger partial charge in [0.05, 0.1) is 0 Å². The maximum atomic E-state index is 12.8. The Hall–Kier alpha value is -1.30. The van der Waals surface area contributed by atoms with Crippen LogP contribution in [0.2, 0.25) is 0 Å². The van der Waals surface area contributed by atoms with Crippen molar-refractivity contribution in [3.63, 3.8) is 0 Å². The molecule has 0 spiro atoms. The van der Waals surface area contributed by atoms with Gasteiger partial charge in [-0.3, -0.25) is 0 Å². The largest absolute Gasteiger partial charge is 0.416 e. The number of alkyl halides is 3. The molecule has 90 valence electrons. The number of hydrogen-bond donors (Lipinski definition) is 2. The summed E-state index contributed by atoms with van der Waals surface area (Å²) >= 11 is 0. The molecule has 0 heterocycles. The molecule has 16 heavy (non-hydrogen) atoms. The highest BCUT2D eigenvalue weighted by Crippen LogP contribution is 2.21. The number of halogens is 4. The molecule has 0 aliphatic heterocycles. The Morgan fingerprint density at radius 2 is 2.00 bits per heavy atom. The number of aliphatic hydroxyl groups excluding tert-OH is 1. The Kier molecular flexibility index (Phi) is 3.74. The highest BCUT2D eigenvalue weighted by Gasteiger charge is 2.37. The zero-order chi connectivity index (χ0) is 12.3. The van der Waals surface area contributed by atoms with Crippen molar-refractivity contribution in [2.75, 3.05) is 11.9 Å². The minimum Gasteiger partial charge on any atom is -0.382 e. The quantitative estimate of drug-likeness (QED) is 0.791. The van der Waals surface area contributed by atoms with Gasteiger partial charge < -0.3 is 10.4 Å². The van der Waals surface area contributed by atoms with Crippen LogP contribution < -0.4 is 5.32 Å². The van der Waals surface area contributed by atoms with E-state index in [1.807, 2.05) is 0 Å². The fourth-order valence-corrected chi connectivity index (χ4v) is 1.08. The summed E-state index contributed by atoms with van der Waals surface area (Å²) < 4.78 is 48.7. The number of aliphatic hydroxyl groups is 1. The first kappa shape index (κ1) is 12.8. The molecule has 0 radical (unpaired) electrons. The van der Waals surface area contributed by atoms with Gasteiger partial charge in [0, 0.05) is 12.2 Å². The maximum Gasteiger partial charge on any atom is 0.416 e. The van der Waals surface area contributed by atoms with Gasteiger partial charge in [-0.05, 0) is 30.7 Å². The highest BCUT2D eigenvalue weighted by atomic mass is 19.4. The summed E-state index contributed by atoms with van der Waals surface area (Å²) in [5, 5.41) is 11.1. The Balaban J connectivity index is 2.58. The van der Waals surface area contributed by atoms with Gasteiger partial charge in [0.15, 0.2) is 6.10 Å². The summed E-state index contributed by atoms with van der Waals surface area (Å²) in [6, 6.07) is 3.83. The minimum absolute atomic E-state index is 0.325. The molecule has 2 nitrogen and oxygen atoms in total. The van der Waals surface area contributed by atoms with E-state index < -0.39 is 24.6 Å². The van der Waals surface area contributed by atoms with E-state index in [4.69, 9.17) is 5.11 Å². The molecule has 1 unspecified atom stereocenters. The summed E-state index contributed by atoms with van der Waals surface area (Å²) in [7, 11) is 0. The van der Waals surface area contributed by atoms with Gasteiger partial charge in [0.25, 0.3) is 0 Å². The van der Waals surface area contributed by atoms with Crippen molar-refractivity contribution in [1.82, 2.24) is 0 Å². The molecule has 6 heteroatoms. The molecule has 0 amide bonds. The zero-order valence-corrected chi connectivity index (χ0v) is 8.48. The van der Waals surface area contributed by atoms with Gasteiger partial charge in [-0.1, -0.05) is 0 Å². The average Bonchev–Trinajstić information content (AvgIpc) is 2.18. The molecule has 0 aromatic heterocycles.